The molecule has 0 bridgehead atoms. The Bertz CT molecular complexity index is 1690. The van der Waals surface area contributed by atoms with E-state index in [2.05, 4.69) is 15.6 Å². The van der Waals surface area contributed by atoms with Crippen molar-refractivity contribution in [3.8, 4) is 0 Å². The van der Waals surface area contributed by atoms with E-state index in [1.807, 2.05) is 43.3 Å². The molecule has 2 heterocycles. The summed E-state index contributed by atoms with van der Waals surface area (Å²) in [4.78, 5) is 72.7. The Balaban J connectivity index is 1.45. The van der Waals surface area contributed by atoms with Crippen molar-refractivity contribution in [2.75, 3.05) is 11.4 Å². The van der Waals surface area contributed by atoms with Crippen molar-refractivity contribution in [2.45, 2.75) is 77.4 Å². The van der Waals surface area contributed by atoms with Crippen LogP contribution in [-0.2, 0) is 30.4 Å². The summed E-state index contributed by atoms with van der Waals surface area (Å²) in [5.74, 6) is -2.19. The lowest BCUT2D eigenvalue weighted by Crippen LogP contribution is -2.42. The zero-order valence-corrected chi connectivity index (χ0v) is 27.9. The molecule has 2 aromatic carbocycles. The second-order valence-corrected chi connectivity index (χ2v) is 12.8. The minimum Gasteiger partial charge on any atom is -0.477 e. The summed E-state index contributed by atoms with van der Waals surface area (Å²) in [5, 5.41) is 15.4. The fraction of sp³-hybridized carbons (Fsp3) is 0.368. The largest absolute Gasteiger partial charge is 0.477 e. The molecule has 1 aliphatic carbocycles. The average Bonchev–Trinajstić information content (AvgIpc) is 3.69. The van der Waals surface area contributed by atoms with Crippen LogP contribution < -0.4 is 15.5 Å². The van der Waals surface area contributed by atoms with Gasteiger partial charge in [0.2, 0.25) is 17.7 Å². The second kappa shape index (κ2) is 15.7. The van der Waals surface area contributed by atoms with Crippen LogP contribution in [0.3, 0.4) is 0 Å². The van der Waals surface area contributed by atoms with Gasteiger partial charge in [0, 0.05) is 44.4 Å². The lowest BCUT2D eigenvalue weighted by Gasteiger charge is -2.32. The first-order chi connectivity index (χ1) is 23.6. The van der Waals surface area contributed by atoms with Crippen LogP contribution in [-0.4, -0.2) is 57.2 Å². The molecular formula is C38H43N5O6. The van der Waals surface area contributed by atoms with Gasteiger partial charge in [-0.05, 0) is 66.6 Å². The molecule has 3 N–H and O–H groups in total. The number of rotatable bonds is 13. The van der Waals surface area contributed by atoms with E-state index in [-0.39, 0.29) is 35.7 Å². The van der Waals surface area contributed by atoms with E-state index in [0.29, 0.717) is 49.9 Å². The zero-order chi connectivity index (χ0) is 35.0. The van der Waals surface area contributed by atoms with Crippen molar-refractivity contribution in [3.63, 3.8) is 0 Å². The van der Waals surface area contributed by atoms with E-state index >= 15 is 0 Å². The molecule has 4 amide bonds. The van der Waals surface area contributed by atoms with E-state index in [9.17, 15) is 29.1 Å². The maximum atomic E-state index is 14.3. The van der Waals surface area contributed by atoms with Crippen LogP contribution in [0.5, 0.6) is 0 Å². The number of carboxylic acids is 1. The Morgan fingerprint density at radius 3 is 2.33 bits per heavy atom. The number of nitrogens with one attached hydrogen (secondary N) is 2. The highest BCUT2D eigenvalue weighted by Gasteiger charge is 2.49. The van der Waals surface area contributed by atoms with Gasteiger partial charge in [-0.3, -0.25) is 29.1 Å². The van der Waals surface area contributed by atoms with Crippen LogP contribution in [0.1, 0.15) is 81.6 Å². The molecule has 11 nitrogen and oxygen atoms in total. The number of carbonyl (C=O) groups excluding carboxylic acids is 4. The molecule has 3 aromatic rings. The number of carboxylic acid groups (broad SMARTS) is 1. The van der Waals surface area contributed by atoms with Gasteiger partial charge in [0.05, 0.1) is 5.41 Å². The number of nitrogens with zero attached hydrogens (tertiary/aromatic N) is 3. The van der Waals surface area contributed by atoms with Crippen LogP contribution in [0, 0.1) is 5.41 Å². The highest BCUT2D eigenvalue weighted by Crippen LogP contribution is 2.42. The molecule has 11 heteroatoms. The molecule has 2 aliphatic rings. The Morgan fingerprint density at radius 1 is 1.00 bits per heavy atom. The smallest absolute Gasteiger partial charge is 0.352 e. The van der Waals surface area contributed by atoms with Gasteiger partial charge in [0.1, 0.15) is 17.9 Å². The van der Waals surface area contributed by atoms with Crippen LogP contribution in [0.2, 0.25) is 0 Å². The third kappa shape index (κ3) is 8.05. The first-order valence-corrected chi connectivity index (χ1v) is 16.8. The van der Waals surface area contributed by atoms with Crippen LogP contribution in [0.4, 0.5) is 5.69 Å². The summed E-state index contributed by atoms with van der Waals surface area (Å²) in [6, 6.07) is 19.2. The molecule has 256 valence electrons. The number of anilines is 1. The van der Waals surface area contributed by atoms with Crippen molar-refractivity contribution in [1.82, 2.24) is 20.5 Å². The average molecular weight is 666 g/mol. The van der Waals surface area contributed by atoms with Gasteiger partial charge in [-0.2, -0.15) is 0 Å². The standard InChI is InChI=1S/C38H43N5O6/c1-3-10-33(45)43-32(24-28-11-9-21-39-25-28)35(46)42(34(43)29-12-5-4-6-13-29)30-16-14-27(15-17-30)23-31(36(47)48)41-37(49)38(18-7-8-19-38)20-22-40-26(2)44/h4-6,9,11-17,21,23,25,32,34H,3,7-8,10,18-20,22,24H2,1-2H3,(H,40,44)(H,41,49)(H,47,48)/b31-23-. The third-order valence-electron chi connectivity index (χ3n) is 9.35. The number of benzene rings is 2. The molecule has 1 saturated heterocycles. The van der Waals surface area contributed by atoms with E-state index in [1.165, 1.54) is 13.0 Å². The van der Waals surface area contributed by atoms with Gasteiger partial charge in [-0.1, -0.05) is 68.3 Å². The monoisotopic (exact) mass is 665 g/mol. The Hall–Kier alpha value is -5.32. The van der Waals surface area contributed by atoms with E-state index in [4.69, 9.17) is 0 Å². The molecule has 2 unspecified atom stereocenters. The van der Waals surface area contributed by atoms with Crippen molar-refractivity contribution in [3.05, 3.63) is 102 Å². The molecule has 2 atom stereocenters. The first-order valence-electron chi connectivity index (χ1n) is 16.8. The maximum absolute atomic E-state index is 14.3. The number of hydrogen-bond acceptors (Lipinski definition) is 6. The normalized spacial score (nSPS) is 18.7. The van der Waals surface area contributed by atoms with Crippen molar-refractivity contribution < 1.29 is 29.1 Å². The zero-order valence-electron chi connectivity index (χ0n) is 27.9. The van der Waals surface area contributed by atoms with Crippen LogP contribution >= 0.6 is 0 Å². The van der Waals surface area contributed by atoms with Gasteiger partial charge in [-0.25, -0.2) is 4.79 Å². The number of pyridine rings is 1. The summed E-state index contributed by atoms with van der Waals surface area (Å²) < 4.78 is 0. The second-order valence-electron chi connectivity index (χ2n) is 12.8. The lowest BCUT2D eigenvalue weighted by atomic mass is 9.81. The first kappa shape index (κ1) is 35.0. The molecule has 1 saturated carbocycles. The summed E-state index contributed by atoms with van der Waals surface area (Å²) >= 11 is 0. The summed E-state index contributed by atoms with van der Waals surface area (Å²) in [6.07, 6.45) is 8.65. The predicted molar refractivity (Wildman–Crippen MR) is 185 cm³/mol. The third-order valence-corrected chi connectivity index (χ3v) is 9.35. The Morgan fingerprint density at radius 2 is 1.71 bits per heavy atom. The topological polar surface area (TPSA) is 149 Å². The molecule has 0 spiro atoms. The van der Waals surface area contributed by atoms with E-state index < -0.39 is 23.6 Å². The predicted octanol–water partition coefficient (Wildman–Crippen LogP) is 5.00. The van der Waals surface area contributed by atoms with Crippen LogP contribution in [0.25, 0.3) is 6.08 Å². The van der Waals surface area contributed by atoms with Gasteiger partial charge < -0.3 is 20.6 Å². The summed E-state index contributed by atoms with van der Waals surface area (Å²) in [6.45, 7) is 3.68. The van der Waals surface area contributed by atoms with Gasteiger partial charge in [-0.15, -0.1) is 0 Å². The Kier molecular flexibility index (Phi) is 11.2. The van der Waals surface area contributed by atoms with E-state index in [1.54, 1.807) is 52.5 Å². The minimum absolute atomic E-state index is 0.125. The fourth-order valence-electron chi connectivity index (χ4n) is 6.90. The van der Waals surface area contributed by atoms with E-state index in [0.717, 1.165) is 24.0 Å². The summed E-state index contributed by atoms with van der Waals surface area (Å²) in [7, 11) is 0. The molecule has 2 fully saturated rings. The van der Waals surface area contributed by atoms with Crippen molar-refractivity contribution in [2.24, 2.45) is 5.41 Å². The van der Waals surface area contributed by atoms with Crippen molar-refractivity contribution >= 4 is 41.4 Å². The number of aromatic nitrogens is 1. The molecule has 5 rings (SSSR count). The van der Waals surface area contributed by atoms with Gasteiger partial charge in [0.15, 0.2) is 0 Å². The summed E-state index contributed by atoms with van der Waals surface area (Å²) in [5.41, 5.74) is 1.65. The van der Waals surface area contributed by atoms with Crippen molar-refractivity contribution in [1.29, 1.82) is 0 Å². The van der Waals surface area contributed by atoms with Gasteiger partial charge in [0.25, 0.3) is 5.91 Å². The number of amides is 4. The fourth-order valence-corrected chi connectivity index (χ4v) is 6.90. The Labute approximate surface area is 286 Å². The SMILES string of the molecule is CCCC(=O)N1C(Cc2cccnc2)C(=O)N(c2ccc(/C=C(\NC(=O)C3(CCNC(C)=O)CCCC3)C(=O)O)cc2)C1c1ccccc1. The van der Waals surface area contributed by atoms with Gasteiger partial charge >= 0.3 is 5.97 Å². The molecule has 49 heavy (non-hydrogen) atoms. The maximum Gasteiger partial charge on any atom is 0.352 e. The lowest BCUT2D eigenvalue weighted by molar-refractivity contribution is -0.137. The quantitative estimate of drug-likeness (QED) is 0.218. The highest BCUT2D eigenvalue weighted by molar-refractivity contribution is 6.04. The molecule has 1 aliphatic heterocycles. The number of hydrogen-bond donors (Lipinski definition) is 3. The van der Waals surface area contributed by atoms with Crippen LogP contribution in [0.15, 0.2) is 84.8 Å². The highest BCUT2D eigenvalue weighted by atomic mass is 16.4. The molecule has 1 aromatic heterocycles. The molecular weight excluding hydrogens is 622 g/mol. The minimum atomic E-state index is -1.28. The molecule has 0 radical (unpaired) electrons. The number of carbonyl (C=O) groups is 5. The number of aliphatic carboxylic acids is 1.